The molecular weight excluding hydrogens is 711 g/mol. The Hall–Kier alpha value is -4.16. The molecule has 12 heteroatoms. The zero-order valence-corrected chi connectivity index (χ0v) is 34.6. The molecule has 2 aromatic carbocycles. The van der Waals surface area contributed by atoms with Gasteiger partial charge in [-0.25, -0.2) is 0 Å². The standard InChI is InChI=1S/C44H67N5O7/c1-29(2)41-43(55)45-33(27-50)23-31-25-35(19-21-37(31)47(41)5)49(39(52)17-15-13-11-9-7-8-10-12-14-16-18-40(53)54)36-20-22-38-32(26-36)24-34(28-51)46-44(56)42(30(3)4)48(38)6/h19-22,25-26,29-30,33-34,41-42,50-51H,7-18,23-24,27-28H2,1-6H3,(H,45,55)(H,46,56)(H,53,54)/t33-,34-,41-,42-/m0/s1. The maximum absolute atomic E-state index is 14.4. The molecule has 2 aliphatic heterocycles. The van der Waals surface area contributed by atoms with E-state index in [4.69, 9.17) is 5.11 Å². The third-order valence-electron chi connectivity index (χ3n) is 11.4. The highest BCUT2D eigenvalue weighted by Gasteiger charge is 2.35. The Kier molecular flexibility index (Phi) is 17.0. The van der Waals surface area contributed by atoms with Gasteiger partial charge in [0.25, 0.3) is 0 Å². The Labute approximate surface area is 334 Å². The molecule has 4 rings (SSSR count). The monoisotopic (exact) mass is 778 g/mol. The van der Waals surface area contributed by atoms with Crippen LogP contribution in [0.2, 0.25) is 0 Å². The fourth-order valence-corrected chi connectivity index (χ4v) is 8.53. The zero-order chi connectivity index (χ0) is 40.9. The number of aliphatic carboxylic acids is 1. The average Bonchev–Trinajstić information content (AvgIpc) is 3.13. The minimum absolute atomic E-state index is 0.0169. The lowest BCUT2D eigenvalue weighted by Crippen LogP contribution is -2.54. The molecule has 4 atom stereocenters. The number of benzene rings is 2. The molecule has 2 aliphatic rings. The number of carbonyl (C=O) groups excluding carboxylic acids is 3. The molecule has 0 aromatic heterocycles. The predicted octanol–water partition coefficient (Wildman–Crippen LogP) is 6.11. The van der Waals surface area contributed by atoms with Crippen LogP contribution in [0.15, 0.2) is 36.4 Å². The van der Waals surface area contributed by atoms with Crippen molar-refractivity contribution in [1.82, 2.24) is 10.6 Å². The molecule has 0 bridgehead atoms. The molecule has 5 N–H and O–H groups in total. The number of hydrogen-bond acceptors (Lipinski definition) is 8. The van der Waals surface area contributed by atoms with E-state index in [0.717, 1.165) is 86.7 Å². The van der Waals surface area contributed by atoms with Crippen LogP contribution in [-0.4, -0.2) is 90.5 Å². The maximum atomic E-state index is 14.4. The predicted molar refractivity (Wildman–Crippen MR) is 223 cm³/mol. The van der Waals surface area contributed by atoms with Crippen molar-refractivity contribution in [1.29, 1.82) is 0 Å². The number of rotatable bonds is 19. The summed E-state index contributed by atoms with van der Waals surface area (Å²) in [6, 6.07) is 10.0. The Balaban J connectivity index is 1.61. The van der Waals surface area contributed by atoms with Crippen molar-refractivity contribution in [2.45, 2.75) is 142 Å². The maximum Gasteiger partial charge on any atom is 0.303 e. The van der Waals surface area contributed by atoms with E-state index in [1.165, 1.54) is 0 Å². The van der Waals surface area contributed by atoms with Gasteiger partial charge in [-0.15, -0.1) is 0 Å². The topological polar surface area (TPSA) is 163 Å². The molecule has 3 amide bonds. The Bertz CT molecular complexity index is 1540. The fraction of sp³-hybridized carbons (Fsp3) is 0.636. The van der Waals surface area contributed by atoms with Gasteiger partial charge < -0.3 is 35.8 Å². The summed E-state index contributed by atoms with van der Waals surface area (Å²) in [6.45, 7) is 7.60. The minimum atomic E-state index is -0.728. The third kappa shape index (κ3) is 11.7. The van der Waals surface area contributed by atoms with E-state index in [2.05, 4.69) is 10.6 Å². The highest BCUT2D eigenvalue weighted by Crippen LogP contribution is 2.37. The van der Waals surface area contributed by atoms with E-state index in [9.17, 15) is 29.4 Å². The summed E-state index contributed by atoms with van der Waals surface area (Å²) in [6.07, 6.45) is 11.4. The van der Waals surface area contributed by atoms with E-state index < -0.39 is 30.1 Å². The molecule has 0 fully saturated rings. The first-order valence-electron chi connectivity index (χ1n) is 20.9. The normalized spacial score (nSPS) is 20.0. The van der Waals surface area contributed by atoms with Crippen LogP contribution < -0.4 is 25.3 Å². The summed E-state index contributed by atoms with van der Waals surface area (Å²) >= 11 is 0. The summed E-state index contributed by atoms with van der Waals surface area (Å²) in [5, 5.41) is 35.4. The molecule has 0 saturated carbocycles. The number of fused-ring (bicyclic) bond motifs is 2. The Morgan fingerprint density at radius 3 is 1.39 bits per heavy atom. The van der Waals surface area contributed by atoms with Crippen molar-refractivity contribution in [2.75, 3.05) is 42.0 Å². The second-order valence-corrected chi connectivity index (χ2v) is 16.6. The molecule has 310 valence electrons. The lowest BCUT2D eigenvalue weighted by Gasteiger charge is -2.38. The number of carbonyl (C=O) groups is 4. The summed E-state index contributed by atoms with van der Waals surface area (Å²) < 4.78 is 0. The van der Waals surface area contributed by atoms with Gasteiger partial charge in [0.2, 0.25) is 17.7 Å². The number of amides is 3. The second-order valence-electron chi connectivity index (χ2n) is 16.6. The first-order chi connectivity index (χ1) is 26.8. The van der Waals surface area contributed by atoms with E-state index in [1.54, 1.807) is 4.90 Å². The summed E-state index contributed by atoms with van der Waals surface area (Å²) in [5.74, 6) is -0.975. The number of carboxylic acid groups (broad SMARTS) is 1. The summed E-state index contributed by atoms with van der Waals surface area (Å²) in [4.78, 5) is 57.4. The molecule has 0 radical (unpaired) electrons. The molecule has 56 heavy (non-hydrogen) atoms. The van der Waals surface area contributed by atoms with Crippen molar-refractivity contribution in [2.24, 2.45) is 11.8 Å². The van der Waals surface area contributed by atoms with Gasteiger partial charge in [0.15, 0.2) is 0 Å². The number of nitrogens with one attached hydrogen (secondary N) is 2. The summed E-state index contributed by atoms with van der Waals surface area (Å²) in [7, 11) is 3.83. The van der Waals surface area contributed by atoms with Gasteiger partial charge in [0.05, 0.1) is 25.3 Å². The molecule has 0 unspecified atom stereocenters. The number of aliphatic hydroxyl groups is 2. The number of aliphatic hydroxyl groups excluding tert-OH is 2. The molecule has 12 nitrogen and oxygen atoms in total. The van der Waals surface area contributed by atoms with Crippen molar-refractivity contribution < 1.29 is 34.5 Å². The van der Waals surface area contributed by atoms with Crippen LogP contribution >= 0.6 is 0 Å². The second kappa shape index (κ2) is 21.4. The van der Waals surface area contributed by atoms with Gasteiger partial charge in [-0.05, 0) is 85.0 Å². The van der Waals surface area contributed by atoms with Gasteiger partial charge in [0, 0.05) is 49.7 Å². The van der Waals surface area contributed by atoms with Crippen LogP contribution in [0.25, 0.3) is 0 Å². The van der Waals surface area contributed by atoms with Gasteiger partial charge in [-0.3, -0.25) is 24.1 Å². The SMILES string of the molecule is CC(C)[C@H]1C(=O)N[C@H](CO)Cc2cc(N(C(=O)CCCCCCCCCCCCC(=O)O)c3ccc4c(c3)C[C@@H](CO)NC(=O)[C@H](C(C)C)N4C)ccc2N1C. The smallest absolute Gasteiger partial charge is 0.303 e. The largest absolute Gasteiger partial charge is 0.481 e. The van der Waals surface area contributed by atoms with Crippen LogP contribution in [0.1, 0.15) is 116 Å². The zero-order valence-electron chi connectivity index (χ0n) is 34.6. The number of likely N-dealkylation sites (N-methyl/N-ethyl adjacent to an activating group) is 2. The minimum Gasteiger partial charge on any atom is -0.481 e. The number of unbranched alkanes of at least 4 members (excludes halogenated alkanes) is 9. The number of anilines is 4. The fourth-order valence-electron chi connectivity index (χ4n) is 8.53. The quantitative estimate of drug-likeness (QED) is 0.106. The van der Waals surface area contributed by atoms with Crippen LogP contribution in [0.3, 0.4) is 0 Å². The lowest BCUT2D eigenvalue weighted by atomic mass is 9.94. The van der Waals surface area contributed by atoms with Crippen molar-refractivity contribution >= 4 is 46.4 Å². The molecule has 0 aliphatic carbocycles. The molecule has 0 spiro atoms. The number of nitrogens with zero attached hydrogens (tertiary/aromatic N) is 3. The Morgan fingerprint density at radius 1 is 0.661 bits per heavy atom. The highest BCUT2D eigenvalue weighted by atomic mass is 16.4. The average molecular weight is 778 g/mol. The van der Waals surface area contributed by atoms with E-state index >= 15 is 0 Å². The van der Waals surface area contributed by atoms with Crippen LogP contribution in [0, 0.1) is 11.8 Å². The van der Waals surface area contributed by atoms with Crippen molar-refractivity contribution in [3.05, 3.63) is 47.5 Å². The van der Waals surface area contributed by atoms with Gasteiger partial charge >= 0.3 is 5.97 Å². The van der Waals surface area contributed by atoms with E-state index in [-0.39, 0.29) is 49.2 Å². The van der Waals surface area contributed by atoms with Crippen LogP contribution in [0.5, 0.6) is 0 Å². The molecular formula is C44H67N5O7. The van der Waals surface area contributed by atoms with E-state index in [0.29, 0.717) is 30.6 Å². The van der Waals surface area contributed by atoms with E-state index in [1.807, 2.05) is 88.0 Å². The number of hydrogen-bond donors (Lipinski definition) is 5. The molecule has 2 heterocycles. The van der Waals surface area contributed by atoms with Crippen LogP contribution in [0.4, 0.5) is 22.7 Å². The molecule has 0 saturated heterocycles. The first-order valence-corrected chi connectivity index (χ1v) is 20.9. The highest BCUT2D eigenvalue weighted by molar-refractivity contribution is 6.01. The third-order valence-corrected chi connectivity index (χ3v) is 11.4. The number of carboxylic acids is 1. The first kappa shape index (κ1) is 44.6. The lowest BCUT2D eigenvalue weighted by molar-refractivity contribution is -0.137. The van der Waals surface area contributed by atoms with Crippen LogP contribution in [-0.2, 0) is 32.0 Å². The van der Waals surface area contributed by atoms with Crippen molar-refractivity contribution in [3.63, 3.8) is 0 Å². The van der Waals surface area contributed by atoms with Crippen molar-refractivity contribution in [3.8, 4) is 0 Å². The Morgan fingerprint density at radius 2 is 1.04 bits per heavy atom. The van der Waals surface area contributed by atoms with Gasteiger partial charge in [0.1, 0.15) is 12.1 Å². The van der Waals surface area contributed by atoms with Gasteiger partial charge in [-0.1, -0.05) is 79.1 Å². The summed E-state index contributed by atoms with van der Waals surface area (Å²) in [5.41, 5.74) is 5.00. The molecule has 2 aromatic rings. The van der Waals surface area contributed by atoms with Gasteiger partial charge in [-0.2, -0.15) is 0 Å².